The number of fused-ring (bicyclic) bond motifs is 1. The lowest BCUT2D eigenvalue weighted by atomic mass is 9.92. The van der Waals surface area contributed by atoms with Crippen molar-refractivity contribution in [1.29, 1.82) is 0 Å². The van der Waals surface area contributed by atoms with Gasteiger partial charge in [-0.15, -0.1) is 0 Å². The molecule has 2 aromatic carbocycles. The largest absolute Gasteiger partial charge is 0.350 e. The number of allylic oxidation sites excluding steroid dienone is 2. The molecule has 0 heterocycles. The number of nitrogens with one attached hydrogen (secondary N) is 1. The van der Waals surface area contributed by atoms with Crippen LogP contribution in [0.25, 0.3) is 0 Å². The molecule has 1 aliphatic rings. The molecule has 2 aromatic rings. The molecule has 1 aliphatic carbocycles. The summed E-state index contributed by atoms with van der Waals surface area (Å²) in [5.41, 5.74) is 2.26. The van der Waals surface area contributed by atoms with Crippen molar-refractivity contribution < 1.29 is 9.59 Å². The minimum Gasteiger partial charge on any atom is -0.350 e. The summed E-state index contributed by atoms with van der Waals surface area (Å²) in [7, 11) is 0. The molecule has 0 amide bonds. The summed E-state index contributed by atoms with van der Waals surface area (Å²) < 4.78 is 0. The minimum atomic E-state index is -0.261. The number of carbonyl (C=O) groups excluding carboxylic acids is 2. The number of hydrogen-bond acceptors (Lipinski definition) is 3. The highest BCUT2D eigenvalue weighted by molar-refractivity contribution is 6.39. The van der Waals surface area contributed by atoms with Crippen molar-refractivity contribution in [2.75, 3.05) is 5.32 Å². The van der Waals surface area contributed by atoms with Crippen LogP contribution in [-0.4, -0.2) is 11.6 Å². The third-order valence-corrected chi connectivity index (χ3v) is 4.00. The lowest BCUT2D eigenvalue weighted by Crippen LogP contribution is -2.21. The first-order valence-electron chi connectivity index (χ1n) is 6.60. The van der Waals surface area contributed by atoms with E-state index in [1.54, 1.807) is 36.4 Å². The Hall–Kier alpha value is -2.10. The van der Waals surface area contributed by atoms with Gasteiger partial charge in [-0.1, -0.05) is 47.5 Å². The van der Waals surface area contributed by atoms with Crippen molar-refractivity contribution >= 4 is 40.5 Å². The zero-order chi connectivity index (χ0) is 15.9. The SMILES string of the molecule is Cc1cc(Cl)c(NC2=CC(=O)c3ccccc3C2=O)c(Cl)c1. The Morgan fingerprint density at radius 3 is 2.18 bits per heavy atom. The van der Waals surface area contributed by atoms with E-state index in [2.05, 4.69) is 5.32 Å². The molecule has 5 heteroatoms. The second kappa shape index (κ2) is 5.59. The highest BCUT2D eigenvalue weighted by Gasteiger charge is 2.26. The van der Waals surface area contributed by atoms with E-state index < -0.39 is 0 Å². The van der Waals surface area contributed by atoms with Crippen LogP contribution in [0.1, 0.15) is 26.3 Å². The van der Waals surface area contributed by atoms with Gasteiger partial charge in [0, 0.05) is 17.2 Å². The van der Waals surface area contributed by atoms with Gasteiger partial charge in [0.05, 0.1) is 21.4 Å². The molecule has 22 heavy (non-hydrogen) atoms. The number of anilines is 1. The quantitative estimate of drug-likeness (QED) is 0.869. The van der Waals surface area contributed by atoms with Gasteiger partial charge in [-0.05, 0) is 24.6 Å². The third kappa shape index (κ3) is 2.54. The molecule has 0 bridgehead atoms. The van der Waals surface area contributed by atoms with Gasteiger partial charge in [0.25, 0.3) is 0 Å². The summed E-state index contributed by atoms with van der Waals surface area (Å²) in [4.78, 5) is 24.6. The van der Waals surface area contributed by atoms with Crippen molar-refractivity contribution in [3.8, 4) is 0 Å². The molecule has 0 fully saturated rings. The first kappa shape index (κ1) is 14.8. The van der Waals surface area contributed by atoms with E-state index >= 15 is 0 Å². The first-order valence-corrected chi connectivity index (χ1v) is 7.35. The first-order chi connectivity index (χ1) is 10.5. The van der Waals surface area contributed by atoms with Crippen LogP contribution in [0.5, 0.6) is 0 Å². The fraction of sp³-hybridized carbons (Fsp3) is 0.0588. The van der Waals surface area contributed by atoms with Gasteiger partial charge in [0.15, 0.2) is 5.78 Å². The minimum absolute atomic E-state index is 0.163. The molecular formula is C17H11Cl2NO2. The van der Waals surface area contributed by atoms with Gasteiger partial charge in [-0.3, -0.25) is 9.59 Å². The maximum Gasteiger partial charge on any atom is 0.210 e. The number of rotatable bonds is 2. The summed E-state index contributed by atoms with van der Waals surface area (Å²) in [6.07, 6.45) is 1.27. The highest BCUT2D eigenvalue weighted by atomic mass is 35.5. The molecule has 3 nitrogen and oxygen atoms in total. The van der Waals surface area contributed by atoms with E-state index in [-0.39, 0.29) is 17.3 Å². The van der Waals surface area contributed by atoms with Crippen molar-refractivity contribution in [1.82, 2.24) is 0 Å². The molecule has 3 rings (SSSR count). The fourth-order valence-electron chi connectivity index (χ4n) is 2.36. The number of ketones is 2. The summed E-state index contributed by atoms with van der Waals surface area (Å²) in [5, 5.41) is 3.68. The van der Waals surface area contributed by atoms with E-state index in [9.17, 15) is 9.59 Å². The van der Waals surface area contributed by atoms with Gasteiger partial charge in [-0.25, -0.2) is 0 Å². The lowest BCUT2D eigenvalue weighted by molar-refractivity contribution is 0.0985. The van der Waals surface area contributed by atoms with Crippen LogP contribution in [0, 0.1) is 6.92 Å². The molecule has 0 aromatic heterocycles. The monoisotopic (exact) mass is 331 g/mol. The second-order valence-electron chi connectivity index (χ2n) is 5.03. The van der Waals surface area contributed by atoms with Crippen molar-refractivity contribution in [2.24, 2.45) is 0 Å². The zero-order valence-corrected chi connectivity index (χ0v) is 13.1. The van der Waals surface area contributed by atoms with Crippen molar-refractivity contribution in [3.63, 3.8) is 0 Å². The van der Waals surface area contributed by atoms with Crippen LogP contribution in [0.4, 0.5) is 5.69 Å². The standard InChI is InChI=1S/C17H11Cl2NO2/c1-9-6-12(18)16(13(19)7-9)20-14-8-15(21)10-4-2-3-5-11(10)17(14)22/h2-8,20H,1H3. The Kier molecular flexibility index (Phi) is 3.77. The smallest absolute Gasteiger partial charge is 0.210 e. The molecule has 1 N–H and O–H groups in total. The summed E-state index contributed by atoms with van der Waals surface area (Å²) in [6, 6.07) is 10.2. The van der Waals surface area contributed by atoms with Crippen molar-refractivity contribution in [3.05, 3.63) is 74.9 Å². The predicted octanol–water partition coefficient (Wildman–Crippen LogP) is 4.68. The molecule has 0 unspecified atom stereocenters. The predicted molar refractivity (Wildman–Crippen MR) is 88.0 cm³/mol. The number of hydrogen-bond donors (Lipinski definition) is 1. The number of carbonyl (C=O) groups is 2. The Labute approximate surface area is 137 Å². The number of aryl methyl sites for hydroxylation is 1. The molecule has 0 aliphatic heterocycles. The van der Waals surface area contributed by atoms with Crippen LogP contribution in [0.15, 0.2) is 48.2 Å². The average Bonchev–Trinajstić information content (AvgIpc) is 2.47. The van der Waals surface area contributed by atoms with Gasteiger partial charge in [0.2, 0.25) is 5.78 Å². The van der Waals surface area contributed by atoms with Gasteiger partial charge in [-0.2, -0.15) is 0 Å². The van der Waals surface area contributed by atoms with E-state index in [0.717, 1.165) is 5.56 Å². The molecule has 0 saturated carbocycles. The molecular weight excluding hydrogens is 321 g/mol. The van der Waals surface area contributed by atoms with Crippen LogP contribution in [-0.2, 0) is 0 Å². The van der Waals surface area contributed by atoms with Crippen LogP contribution < -0.4 is 5.32 Å². The van der Waals surface area contributed by atoms with Crippen LogP contribution >= 0.6 is 23.2 Å². The second-order valence-corrected chi connectivity index (χ2v) is 5.84. The van der Waals surface area contributed by atoms with Crippen molar-refractivity contribution in [2.45, 2.75) is 6.92 Å². The molecule has 110 valence electrons. The Morgan fingerprint density at radius 2 is 1.55 bits per heavy atom. The molecule has 0 radical (unpaired) electrons. The Morgan fingerprint density at radius 1 is 0.955 bits per heavy atom. The zero-order valence-electron chi connectivity index (χ0n) is 11.6. The molecule has 0 spiro atoms. The van der Waals surface area contributed by atoms with Crippen LogP contribution in [0.2, 0.25) is 10.0 Å². The number of Topliss-reactive ketones (excluding diaryl/α,β-unsaturated/α-hetero) is 1. The summed E-state index contributed by atoms with van der Waals surface area (Å²) in [5.74, 6) is -0.486. The summed E-state index contributed by atoms with van der Waals surface area (Å²) >= 11 is 12.3. The molecule has 0 saturated heterocycles. The maximum absolute atomic E-state index is 12.5. The summed E-state index contributed by atoms with van der Waals surface area (Å²) in [6.45, 7) is 1.87. The van der Waals surface area contributed by atoms with E-state index in [4.69, 9.17) is 23.2 Å². The topological polar surface area (TPSA) is 46.2 Å². The van der Waals surface area contributed by atoms with E-state index in [1.165, 1.54) is 6.08 Å². The van der Waals surface area contributed by atoms with E-state index in [0.29, 0.717) is 26.9 Å². The Bertz CT molecular complexity index is 817. The normalized spacial score (nSPS) is 13.7. The fourth-order valence-corrected chi connectivity index (χ4v) is 3.05. The van der Waals surface area contributed by atoms with Gasteiger partial charge >= 0.3 is 0 Å². The van der Waals surface area contributed by atoms with E-state index in [1.807, 2.05) is 6.92 Å². The highest BCUT2D eigenvalue weighted by Crippen LogP contribution is 2.34. The number of halogens is 2. The van der Waals surface area contributed by atoms with Gasteiger partial charge < -0.3 is 5.32 Å². The maximum atomic E-state index is 12.5. The average molecular weight is 332 g/mol. The third-order valence-electron chi connectivity index (χ3n) is 3.40. The molecule has 0 atom stereocenters. The van der Waals surface area contributed by atoms with Gasteiger partial charge in [0.1, 0.15) is 0 Å². The number of benzene rings is 2. The Balaban J connectivity index is 2.01. The van der Waals surface area contributed by atoms with Crippen LogP contribution in [0.3, 0.4) is 0 Å². The lowest BCUT2D eigenvalue weighted by Gasteiger charge is -2.18.